The van der Waals surface area contributed by atoms with E-state index in [0.717, 1.165) is 4.88 Å². The number of fused-ring (bicyclic) bond motifs is 1. The second-order valence-corrected chi connectivity index (χ2v) is 9.33. The lowest BCUT2D eigenvalue weighted by atomic mass is 9.62. The number of aliphatic carboxylic acids is 1. The van der Waals surface area contributed by atoms with E-state index in [-0.39, 0.29) is 10.8 Å². The Bertz CT molecular complexity index is 853. The maximum absolute atomic E-state index is 10.7. The summed E-state index contributed by atoms with van der Waals surface area (Å²) in [5, 5.41) is 10.9. The zero-order chi connectivity index (χ0) is 18.4. The Kier molecular flexibility index (Phi) is 4.40. The van der Waals surface area contributed by atoms with Crippen LogP contribution in [0.3, 0.4) is 0 Å². The van der Waals surface area contributed by atoms with Crippen molar-refractivity contribution in [2.75, 3.05) is 0 Å². The topological polar surface area (TPSA) is 37.3 Å². The first-order valence-electron chi connectivity index (χ1n) is 8.76. The number of thiophene rings is 1. The van der Waals surface area contributed by atoms with E-state index in [1.165, 1.54) is 46.7 Å². The lowest BCUT2D eigenvalue weighted by Gasteiger charge is -2.42. The number of rotatable bonds is 3. The number of carboxylic acids is 1. The summed E-state index contributed by atoms with van der Waals surface area (Å²) in [6, 6.07) is 6.83. The Morgan fingerprint density at radius 1 is 1.08 bits per heavy atom. The van der Waals surface area contributed by atoms with Gasteiger partial charge in [-0.25, -0.2) is 4.79 Å². The molecular weight excluding hydrogens is 328 g/mol. The fourth-order valence-corrected chi connectivity index (χ4v) is 4.57. The van der Waals surface area contributed by atoms with Crippen LogP contribution in [-0.2, 0) is 15.6 Å². The molecule has 0 aliphatic heterocycles. The van der Waals surface area contributed by atoms with Crippen LogP contribution in [0.25, 0.3) is 17.2 Å². The van der Waals surface area contributed by atoms with Crippen LogP contribution in [0.15, 0.2) is 29.7 Å². The van der Waals surface area contributed by atoms with E-state index in [2.05, 4.69) is 58.2 Å². The third-order valence-corrected chi connectivity index (χ3v) is 6.42. The molecule has 1 aromatic carbocycles. The predicted molar refractivity (Wildman–Crippen MR) is 106 cm³/mol. The molecule has 0 spiro atoms. The molecule has 25 heavy (non-hydrogen) atoms. The molecule has 0 amide bonds. The standard InChI is InChI=1S/C22H26O2S/c1-14-10-18-19(22(4,5)9-8-21(18,2)3)12-17(14)15-11-16(25-13-15)6-7-20(23)24/h6-7,10-13H,8-9H2,1-5H3,(H,23,24)/b7-6+. The maximum atomic E-state index is 10.7. The Morgan fingerprint density at radius 2 is 1.68 bits per heavy atom. The molecule has 3 rings (SSSR count). The molecule has 0 bridgehead atoms. The van der Waals surface area contributed by atoms with E-state index in [1.54, 1.807) is 17.4 Å². The minimum absolute atomic E-state index is 0.190. The summed E-state index contributed by atoms with van der Waals surface area (Å²) in [6.45, 7) is 11.6. The number of carboxylic acid groups (broad SMARTS) is 1. The Morgan fingerprint density at radius 3 is 2.28 bits per heavy atom. The van der Waals surface area contributed by atoms with Gasteiger partial charge in [-0.3, -0.25) is 0 Å². The van der Waals surface area contributed by atoms with Crippen LogP contribution in [0.4, 0.5) is 0 Å². The average Bonchev–Trinajstić information content (AvgIpc) is 2.98. The molecule has 2 nitrogen and oxygen atoms in total. The molecule has 0 atom stereocenters. The van der Waals surface area contributed by atoms with Crippen molar-refractivity contribution in [1.29, 1.82) is 0 Å². The second kappa shape index (κ2) is 6.14. The summed E-state index contributed by atoms with van der Waals surface area (Å²) in [6.07, 6.45) is 5.28. The third kappa shape index (κ3) is 3.43. The quantitative estimate of drug-likeness (QED) is 0.669. The van der Waals surface area contributed by atoms with Gasteiger partial charge in [0.25, 0.3) is 0 Å². The van der Waals surface area contributed by atoms with Gasteiger partial charge < -0.3 is 5.11 Å². The van der Waals surface area contributed by atoms with Crippen LogP contribution in [0.2, 0.25) is 0 Å². The van der Waals surface area contributed by atoms with E-state index in [1.807, 2.05) is 0 Å². The fraction of sp³-hybridized carbons (Fsp3) is 0.409. The van der Waals surface area contributed by atoms with Gasteiger partial charge in [0.05, 0.1) is 0 Å². The van der Waals surface area contributed by atoms with E-state index >= 15 is 0 Å². The van der Waals surface area contributed by atoms with Gasteiger partial charge in [0.1, 0.15) is 0 Å². The molecule has 1 aliphatic rings. The highest BCUT2D eigenvalue weighted by atomic mass is 32.1. The van der Waals surface area contributed by atoms with Gasteiger partial charge in [-0.2, -0.15) is 0 Å². The third-order valence-electron chi connectivity index (χ3n) is 5.52. The Hall–Kier alpha value is -1.87. The summed E-state index contributed by atoms with van der Waals surface area (Å²) in [4.78, 5) is 11.7. The van der Waals surface area contributed by atoms with Crippen molar-refractivity contribution >= 4 is 23.4 Å². The lowest BCUT2D eigenvalue weighted by Crippen LogP contribution is -2.34. The highest BCUT2D eigenvalue weighted by Gasteiger charge is 2.37. The van der Waals surface area contributed by atoms with Gasteiger partial charge >= 0.3 is 5.97 Å². The first kappa shape index (κ1) is 17.9. The van der Waals surface area contributed by atoms with E-state index in [9.17, 15) is 4.79 Å². The van der Waals surface area contributed by atoms with Crippen LogP contribution in [0.5, 0.6) is 0 Å². The van der Waals surface area contributed by atoms with E-state index in [0.29, 0.717) is 0 Å². The van der Waals surface area contributed by atoms with Crippen LogP contribution >= 0.6 is 11.3 Å². The van der Waals surface area contributed by atoms with Crippen molar-refractivity contribution in [2.24, 2.45) is 0 Å². The monoisotopic (exact) mass is 354 g/mol. The molecule has 1 N–H and O–H groups in total. The van der Waals surface area contributed by atoms with Crippen LogP contribution in [-0.4, -0.2) is 11.1 Å². The van der Waals surface area contributed by atoms with Gasteiger partial charge in [-0.1, -0.05) is 39.8 Å². The number of carbonyl (C=O) groups is 1. The van der Waals surface area contributed by atoms with Crippen molar-refractivity contribution in [3.8, 4) is 11.1 Å². The molecule has 0 saturated carbocycles. The zero-order valence-corrected chi connectivity index (χ0v) is 16.5. The smallest absolute Gasteiger partial charge is 0.328 e. The highest BCUT2D eigenvalue weighted by molar-refractivity contribution is 7.11. The minimum Gasteiger partial charge on any atom is -0.478 e. The molecule has 1 aromatic heterocycles. The maximum Gasteiger partial charge on any atom is 0.328 e. The van der Waals surface area contributed by atoms with Crippen LogP contribution in [0, 0.1) is 6.92 Å². The van der Waals surface area contributed by atoms with Crippen molar-refractivity contribution in [3.63, 3.8) is 0 Å². The summed E-state index contributed by atoms with van der Waals surface area (Å²) in [5.74, 6) is -0.913. The molecule has 0 fully saturated rings. The molecule has 0 saturated heterocycles. The van der Waals surface area contributed by atoms with Gasteiger partial charge in [0, 0.05) is 11.0 Å². The molecule has 1 aliphatic carbocycles. The van der Waals surface area contributed by atoms with Crippen LogP contribution < -0.4 is 0 Å². The van der Waals surface area contributed by atoms with Crippen molar-refractivity contribution in [1.82, 2.24) is 0 Å². The van der Waals surface area contributed by atoms with Crippen LogP contribution in [0.1, 0.15) is 62.1 Å². The fourth-order valence-electron chi connectivity index (χ4n) is 3.77. The average molecular weight is 355 g/mol. The molecule has 3 heteroatoms. The lowest BCUT2D eigenvalue weighted by molar-refractivity contribution is -0.131. The first-order chi connectivity index (χ1) is 11.6. The summed E-state index contributed by atoms with van der Waals surface area (Å²) in [5.41, 5.74) is 7.07. The molecule has 0 radical (unpaired) electrons. The Labute approximate surface area is 154 Å². The molecular formula is C22H26O2S. The predicted octanol–water partition coefficient (Wildman–Crippen LogP) is 6.17. The molecule has 132 valence electrons. The van der Waals surface area contributed by atoms with Gasteiger partial charge in [-0.05, 0) is 75.9 Å². The molecule has 0 unspecified atom stereocenters. The van der Waals surface area contributed by atoms with Gasteiger partial charge in [0.2, 0.25) is 0 Å². The number of hydrogen-bond donors (Lipinski definition) is 1. The SMILES string of the molecule is Cc1cc2c(cc1-c1csc(/C=C/C(=O)O)c1)C(C)(C)CCC2(C)C. The number of benzene rings is 1. The molecule has 2 aromatic rings. The summed E-state index contributed by atoms with van der Waals surface area (Å²) >= 11 is 1.58. The van der Waals surface area contributed by atoms with Gasteiger partial charge in [-0.15, -0.1) is 11.3 Å². The zero-order valence-electron chi connectivity index (χ0n) is 15.6. The van der Waals surface area contributed by atoms with Crippen molar-refractivity contribution in [3.05, 3.63) is 51.2 Å². The highest BCUT2D eigenvalue weighted by Crippen LogP contribution is 2.47. The Balaban J connectivity index is 2.09. The minimum atomic E-state index is -0.913. The van der Waals surface area contributed by atoms with E-state index in [4.69, 9.17) is 5.11 Å². The van der Waals surface area contributed by atoms with Crippen molar-refractivity contribution < 1.29 is 9.90 Å². The van der Waals surface area contributed by atoms with E-state index < -0.39 is 5.97 Å². The second-order valence-electron chi connectivity index (χ2n) is 8.39. The number of aryl methyl sites for hydroxylation is 1. The summed E-state index contributed by atoms with van der Waals surface area (Å²) < 4.78 is 0. The number of hydrogen-bond acceptors (Lipinski definition) is 2. The largest absolute Gasteiger partial charge is 0.478 e. The van der Waals surface area contributed by atoms with Gasteiger partial charge in [0.15, 0.2) is 0 Å². The summed E-state index contributed by atoms with van der Waals surface area (Å²) in [7, 11) is 0. The first-order valence-corrected chi connectivity index (χ1v) is 9.64. The normalized spacial score (nSPS) is 18.3. The van der Waals surface area contributed by atoms with Crippen molar-refractivity contribution in [2.45, 2.75) is 58.3 Å². The molecule has 1 heterocycles.